The number of nitrogens with zero attached hydrogens (tertiary/aromatic N) is 5. The lowest BCUT2D eigenvalue weighted by atomic mass is 10.5. The van der Waals surface area contributed by atoms with Gasteiger partial charge in [0.05, 0.1) is 19.1 Å². The van der Waals surface area contributed by atoms with Crippen LogP contribution >= 0.6 is 12.8 Å². The minimum atomic E-state index is -2.91. The van der Waals surface area contributed by atoms with Gasteiger partial charge in [0, 0.05) is 60.6 Å². The van der Waals surface area contributed by atoms with Crippen LogP contribution in [0.1, 0.15) is 124 Å². The number of ether oxygens (including phenoxy) is 2. The van der Waals surface area contributed by atoms with E-state index in [1.807, 2.05) is 123 Å². The van der Waals surface area contributed by atoms with Crippen LogP contribution in [-0.4, -0.2) is 60.3 Å². The molecule has 1 amide bonds. The van der Waals surface area contributed by atoms with Crippen molar-refractivity contribution < 1.29 is 22.7 Å². The summed E-state index contributed by atoms with van der Waals surface area (Å²) in [6.45, 7) is 33.2. The van der Waals surface area contributed by atoms with Gasteiger partial charge in [-0.25, -0.2) is 17.8 Å². The first-order valence-corrected chi connectivity index (χ1v) is 22.3. The predicted molar refractivity (Wildman–Crippen MR) is 261 cm³/mol. The highest BCUT2D eigenvalue weighted by Gasteiger charge is 2.00. The largest absolute Gasteiger partial charge is 0.462 e. The number of thiol groups is 1. The molecule has 1 aliphatic carbocycles. The van der Waals surface area contributed by atoms with Gasteiger partial charge in [-0.15, -0.1) is 0 Å². The number of H-pyrrole nitrogens is 2. The number of rotatable bonds is 1. The van der Waals surface area contributed by atoms with Crippen molar-refractivity contribution in [1.29, 1.82) is 5.41 Å². The van der Waals surface area contributed by atoms with Crippen molar-refractivity contribution in [3.05, 3.63) is 122 Å². The Hall–Kier alpha value is -5.09. The van der Waals surface area contributed by atoms with E-state index in [-0.39, 0.29) is 5.91 Å². The summed E-state index contributed by atoms with van der Waals surface area (Å²) in [5.41, 5.74) is 0. The van der Waals surface area contributed by atoms with E-state index in [4.69, 9.17) is 5.41 Å². The maximum atomic E-state index is 10.3. The number of carbonyl (C=O) groups is 1. The molecule has 0 unspecified atom stereocenters. The Morgan fingerprint density at radius 3 is 1.42 bits per heavy atom. The Morgan fingerprint density at radius 2 is 1.31 bits per heavy atom. The van der Waals surface area contributed by atoms with E-state index < -0.39 is 9.84 Å². The topological polar surface area (TPSA) is 200 Å². The number of carbonyl (C=O) groups excluding carboxylic acids is 1. The van der Waals surface area contributed by atoms with E-state index >= 15 is 0 Å². The van der Waals surface area contributed by atoms with Crippen molar-refractivity contribution in [3.8, 4) is 0 Å². The first-order chi connectivity index (χ1) is 29.0. The third kappa shape index (κ3) is 95.4. The van der Waals surface area contributed by atoms with E-state index in [0.29, 0.717) is 13.2 Å². The second kappa shape index (κ2) is 89.5. The summed E-state index contributed by atoms with van der Waals surface area (Å²) < 4.78 is 32.8. The number of amides is 1. The van der Waals surface area contributed by atoms with Crippen molar-refractivity contribution in [1.82, 2.24) is 25.5 Å². The molecule has 2 aromatic rings. The fraction of sp³-hybridized carbons (Fsp3) is 0.465. The quantitative estimate of drug-likeness (QED) is 0.139. The highest BCUT2D eigenvalue weighted by Crippen LogP contribution is 2.01. The van der Waals surface area contributed by atoms with Crippen LogP contribution in [0.2, 0.25) is 0 Å². The fourth-order valence-electron chi connectivity index (χ4n) is 2.02. The molecule has 342 valence electrons. The molecule has 0 aromatic carbocycles. The maximum Gasteiger partial charge on any atom is 0.229 e. The Morgan fingerprint density at radius 1 is 0.763 bits per heavy atom. The van der Waals surface area contributed by atoms with E-state index in [2.05, 4.69) is 86.7 Å². The highest BCUT2D eigenvalue weighted by molar-refractivity contribution is 7.97. The minimum Gasteiger partial charge on any atom is -0.462 e. The van der Waals surface area contributed by atoms with Crippen LogP contribution in [0, 0.1) is 5.41 Å². The Bertz CT molecular complexity index is 1180. The number of hydrogen-bond acceptors (Lipinski definition) is 12. The molecule has 14 nitrogen and oxygen atoms in total. The van der Waals surface area contributed by atoms with Crippen molar-refractivity contribution >= 4 is 41.0 Å². The lowest BCUT2D eigenvalue weighted by Crippen LogP contribution is -2.08. The summed E-state index contributed by atoms with van der Waals surface area (Å²) in [6, 6.07) is 1.83. The summed E-state index contributed by atoms with van der Waals surface area (Å²) in [5.74, 6) is 0.0926. The van der Waals surface area contributed by atoms with Gasteiger partial charge in [-0.05, 0) is 43.5 Å². The van der Waals surface area contributed by atoms with Gasteiger partial charge < -0.3 is 25.2 Å². The number of nitrogens with one attached hydrogen (secondary N) is 4. The van der Waals surface area contributed by atoms with E-state index in [1.165, 1.54) is 30.9 Å². The van der Waals surface area contributed by atoms with Crippen LogP contribution in [0.5, 0.6) is 0 Å². The molecule has 0 fully saturated rings. The van der Waals surface area contributed by atoms with E-state index in [9.17, 15) is 13.2 Å². The molecule has 0 radical (unpaired) electrons. The molecule has 5 aliphatic rings. The SMILES string of the molecule is C1=CCC=C1.C1=CN=NC1.C1=COCO1.CC.CC.CC.CC.CC.CC.CC.CC.N=CC=NS.O=C1CC=CN1.O=S1(=O)C=CC=C1.c1c[nH]cn1.c1cn[nH]c1. The van der Waals surface area contributed by atoms with Gasteiger partial charge in [0.25, 0.3) is 0 Å². The third-order valence-corrected chi connectivity index (χ3v) is 4.95. The van der Waals surface area contributed by atoms with Gasteiger partial charge in [0.1, 0.15) is 12.5 Å². The number of sulfone groups is 1. The van der Waals surface area contributed by atoms with Crippen LogP contribution in [0.15, 0.2) is 136 Å². The van der Waals surface area contributed by atoms with Crippen LogP contribution in [-0.2, 0) is 24.1 Å². The Balaban J connectivity index is -0.0000000661. The lowest BCUT2D eigenvalue weighted by molar-refractivity contribution is -0.118. The number of imidazole rings is 1. The van der Waals surface area contributed by atoms with Gasteiger partial charge in [-0.3, -0.25) is 9.89 Å². The monoisotopic (exact) mass is 870 g/mol. The summed E-state index contributed by atoms with van der Waals surface area (Å²) in [5, 5.41) is 24.4. The van der Waals surface area contributed by atoms with Gasteiger partial charge in [-0.1, -0.05) is 141 Å². The molecule has 0 saturated heterocycles. The van der Waals surface area contributed by atoms with E-state index in [0.717, 1.165) is 30.0 Å². The molecule has 7 rings (SSSR count). The molecule has 2 aromatic heterocycles. The zero-order valence-corrected chi connectivity index (χ0v) is 40.9. The Labute approximate surface area is 366 Å². The first kappa shape index (κ1) is 74.8. The van der Waals surface area contributed by atoms with Crippen LogP contribution in [0.4, 0.5) is 0 Å². The van der Waals surface area contributed by atoms with Gasteiger partial charge in [-0.2, -0.15) is 15.3 Å². The molecular weight excluding hydrogens is 787 g/mol. The lowest BCUT2D eigenvalue weighted by Gasteiger charge is -1.82. The second-order valence-corrected chi connectivity index (χ2v) is 8.97. The standard InChI is InChI=1S/C5H6.C4H5NO.C4H4O2S.3C3H4N2.C3H4O2.C2H4N2S.8C2H6/c1-2-4-5-3-1;6-4-2-1-3-5-4;5-7(6)3-1-2-4-7;1-2-5-3-4-1;2*1-2-4-5-3-1;1-2-5-3-4-1;3-1-2-4-5;8*1-2/h1-4H,5H2;1,3H,2H2,(H,5,6);1-4H;1-3H,(H,4,5);1-2H,3H2;1-3H,(H,4,5);1-2H,3H2;1-3,5H;8*1-2H3. The average molecular weight is 870 g/mol. The molecule has 0 saturated carbocycles. The molecule has 0 bridgehead atoms. The molecule has 16 heteroatoms. The van der Waals surface area contributed by atoms with Crippen LogP contribution in [0.25, 0.3) is 0 Å². The minimum absolute atomic E-state index is 0.0926. The number of aromatic nitrogens is 4. The second-order valence-electron chi connectivity index (χ2n) is 7.02. The fourth-order valence-corrected chi connectivity index (χ4v) is 2.80. The molecule has 4 aliphatic heterocycles. The first-order valence-electron chi connectivity index (χ1n) is 20.3. The van der Waals surface area contributed by atoms with E-state index in [1.54, 1.807) is 49.6 Å². The number of aromatic amines is 2. The number of azo groups is 1. The number of hydrogen-bond donors (Lipinski definition) is 5. The van der Waals surface area contributed by atoms with Gasteiger partial charge in [0.15, 0.2) is 9.84 Å². The summed E-state index contributed by atoms with van der Waals surface area (Å²) in [4.78, 5) is 16.5. The Kier molecular flexibility index (Phi) is 114. The summed E-state index contributed by atoms with van der Waals surface area (Å²) >= 11 is 3.42. The normalized spacial score (nSPS) is 12.1. The molecule has 59 heavy (non-hydrogen) atoms. The van der Waals surface area contributed by atoms with Crippen LogP contribution in [0.3, 0.4) is 0 Å². The molecule has 4 N–H and O–H groups in total. The van der Waals surface area contributed by atoms with Gasteiger partial charge in [0.2, 0.25) is 12.7 Å². The maximum absolute atomic E-state index is 10.3. The third-order valence-electron chi connectivity index (χ3n) is 3.75. The summed E-state index contributed by atoms with van der Waals surface area (Å²) in [6.07, 6.45) is 34.0. The van der Waals surface area contributed by atoms with Crippen molar-refractivity contribution in [3.63, 3.8) is 0 Å². The van der Waals surface area contributed by atoms with Gasteiger partial charge >= 0.3 is 0 Å². The molecule has 0 atom stereocenters. The zero-order chi connectivity index (χ0) is 47.5. The smallest absolute Gasteiger partial charge is 0.229 e. The highest BCUT2D eigenvalue weighted by atomic mass is 32.2. The molecule has 0 spiro atoms. The van der Waals surface area contributed by atoms with Crippen molar-refractivity contribution in [2.24, 2.45) is 14.6 Å². The molecule has 6 heterocycles. The number of allylic oxidation sites excluding steroid dienone is 6. The molecular formula is C43H83N9O5S2. The zero-order valence-electron chi connectivity index (χ0n) is 39.2. The summed E-state index contributed by atoms with van der Waals surface area (Å²) in [7, 11) is -2.91. The predicted octanol–water partition coefficient (Wildman–Crippen LogP) is 13.0. The van der Waals surface area contributed by atoms with Crippen LogP contribution < -0.4 is 5.32 Å². The average Bonchev–Trinajstić information content (AvgIpc) is 4.17. The van der Waals surface area contributed by atoms with Crippen molar-refractivity contribution in [2.45, 2.75) is 124 Å². The van der Waals surface area contributed by atoms with Crippen molar-refractivity contribution in [2.75, 3.05) is 13.3 Å².